The fourth-order valence-electron chi connectivity index (χ4n) is 1.40. The number of aromatic nitrogens is 2. The molecule has 0 saturated carbocycles. The highest BCUT2D eigenvalue weighted by atomic mass is 32.1. The molecule has 2 heterocycles. The molecule has 0 amide bonds. The van der Waals surface area contributed by atoms with Gasteiger partial charge in [-0.1, -0.05) is 6.07 Å². The highest BCUT2D eigenvalue weighted by Crippen LogP contribution is 2.25. The van der Waals surface area contributed by atoms with Crippen molar-refractivity contribution in [2.75, 3.05) is 6.54 Å². The number of halogens is 2. The van der Waals surface area contributed by atoms with E-state index in [2.05, 4.69) is 15.5 Å². The maximum Gasteiger partial charge on any atom is 0.250 e. The molecule has 0 saturated heterocycles. The molecule has 0 aromatic carbocycles. The molecule has 2 aromatic rings. The summed E-state index contributed by atoms with van der Waals surface area (Å²) < 4.78 is 23.9. The quantitative estimate of drug-likeness (QED) is 0.847. The maximum absolute atomic E-state index is 12.0. The van der Waals surface area contributed by atoms with E-state index in [0.29, 0.717) is 6.54 Å². The second-order valence-electron chi connectivity index (χ2n) is 3.27. The normalized spacial score (nSPS) is 11.2. The molecule has 86 valence electrons. The van der Waals surface area contributed by atoms with Crippen LogP contribution in [0.1, 0.15) is 5.56 Å². The average molecular weight is 243 g/mol. The SMILES string of the molecule is FC(F)CNCc1cn[nH]c1-c1cccs1. The zero-order chi connectivity index (χ0) is 11.4. The summed E-state index contributed by atoms with van der Waals surface area (Å²) in [5.41, 5.74) is 1.81. The summed E-state index contributed by atoms with van der Waals surface area (Å²) in [5, 5.41) is 11.5. The van der Waals surface area contributed by atoms with E-state index in [1.165, 1.54) is 0 Å². The van der Waals surface area contributed by atoms with Crippen LogP contribution in [0, 0.1) is 0 Å². The number of aromatic amines is 1. The van der Waals surface area contributed by atoms with E-state index in [1.54, 1.807) is 17.5 Å². The maximum atomic E-state index is 12.0. The molecule has 0 atom stereocenters. The number of hydrogen-bond donors (Lipinski definition) is 2. The summed E-state index contributed by atoms with van der Waals surface area (Å²) in [4.78, 5) is 1.06. The van der Waals surface area contributed by atoms with Crippen LogP contribution in [0.5, 0.6) is 0 Å². The van der Waals surface area contributed by atoms with Crippen LogP contribution in [-0.4, -0.2) is 23.2 Å². The van der Waals surface area contributed by atoms with Gasteiger partial charge in [0.1, 0.15) is 0 Å². The van der Waals surface area contributed by atoms with E-state index in [1.807, 2.05) is 17.5 Å². The van der Waals surface area contributed by atoms with Crippen molar-refractivity contribution < 1.29 is 8.78 Å². The van der Waals surface area contributed by atoms with Gasteiger partial charge < -0.3 is 5.32 Å². The Bertz CT molecular complexity index is 425. The van der Waals surface area contributed by atoms with Gasteiger partial charge in [-0.25, -0.2) is 8.78 Å². The molecule has 3 nitrogen and oxygen atoms in total. The minimum atomic E-state index is -2.32. The van der Waals surface area contributed by atoms with Crippen LogP contribution in [0.15, 0.2) is 23.7 Å². The Balaban J connectivity index is 2.03. The lowest BCUT2D eigenvalue weighted by Gasteiger charge is -2.03. The third kappa shape index (κ3) is 2.65. The number of nitrogens with zero attached hydrogens (tertiary/aromatic N) is 1. The Kier molecular flexibility index (Phi) is 3.63. The van der Waals surface area contributed by atoms with Gasteiger partial charge in [0.25, 0.3) is 6.43 Å². The molecule has 0 unspecified atom stereocenters. The second-order valence-corrected chi connectivity index (χ2v) is 4.22. The van der Waals surface area contributed by atoms with Crippen molar-refractivity contribution in [2.24, 2.45) is 0 Å². The molecule has 16 heavy (non-hydrogen) atoms. The Morgan fingerprint density at radius 2 is 2.38 bits per heavy atom. The molecule has 2 aromatic heterocycles. The third-order valence-corrected chi connectivity index (χ3v) is 2.99. The molecule has 6 heteroatoms. The first-order chi connectivity index (χ1) is 7.77. The average Bonchev–Trinajstić information content (AvgIpc) is 2.84. The van der Waals surface area contributed by atoms with E-state index in [9.17, 15) is 8.78 Å². The Morgan fingerprint density at radius 3 is 3.06 bits per heavy atom. The van der Waals surface area contributed by atoms with Gasteiger partial charge in [0, 0.05) is 12.1 Å². The number of hydrogen-bond acceptors (Lipinski definition) is 3. The number of alkyl halides is 2. The summed E-state index contributed by atoms with van der Waals surface area (Å²) >= 11 is 1.59. The van der Waals surface area contributed by atoms with Crippen molar-refractivity contribution in [1.82, 2.24) is 15.5 Å². The number of thiophene rings is 1. The summed E-state index contributed by atoms with van der Waals surface area (Å²) in [6, 6.07) is 3.91. The van der Waals surface area contributed by atoms with E-state index < -0.39 is 6.43 Å². The van der Waals surface area contributed by atoms with Crippen molar-refractivity contribution in [1.29, 1.82) is 0 Å². The summed E-state index contributed by atoms with van der Waals surface area (Å²) in [7, 11) is 0. The molecule has 2 N–H and O–H groups in total. The molecule has 0 bridgehead atoms. The number of H-pyrrole nitrogens is 1. The molecule has 0 fully saturated rings. The smallest absolute Gasteiger partial charge is 0.250 e. The van der Waals surface area contributed by atoms with Crippen molar-refractivity contribution in [3.63, 3.8) is 0 Å². The molecule has 0 aliphatic rings. The van der Waals surface area contributed by atoms with Gasteiger partial charge >= 0.3 is 0 Å². The standard InChI is InChI=1S/C10H11F2N3S/c11-9(12)6-13-4-7-5-14-15-10(7)8-2-1-3-16-8/h1-3,5,9,13H,4,6H2,(H,14,15). The Labute approximate surface area is 95.5 Å². The second kappa shape index (κ2) is 5.18. The highest BCUT2D eigenvalue weighted by molar-refractivity contribution is 7.13. The number of nitrogens with one attached hydrogen (secondary N) is 2. The molecule has 2 rings (SSSR count). The van der Waals surface area contributed by atoms with E-state index in [-0.39, 0.29) is 6.54 Å². The first-order valence-corrected chi connectivity index (χ1v) is 5.70. The minimum Gasteiger partial charge on any atom is -0.307 e. The van der Waals surface area contributed by atoms with Gasteiger partial charge in [0.15, 0.2) is 0 Å². The topological polar surface area (TPSA) is 40.7 Å². The zero-order valence-electron chi connectivity index (χ0n) is 8.41. The first-order valence-electron chi connectivity index (χ1n) is 4.82. The van der Waals surface area contributed by atoms with Gasteiger partial charge in [-0.15, -0.1) is 11.3 Å². The summed E-state index contributed by atoms with van der Waals surface area (Å²) in [5.74, 6) is 0. The first kappa shape index (κ1) is 11.2. The fraction of sp³-hybridized carbons (Fsp3) is 0.300. The molecule has 0 spiro atoms. The van der Waals surface area contributed by atoms with E-state index >= 15 is 0 Å². The lowest BCUT2D eigenvalue weighted by molar-refractivity contribution is 0.145. The Morgan fingerprint density at radius 1 is 1.50 bits per heavy atom. The minimum absolute atomic E-state index is 0.297. The van der Waals surface area contributed by atoms with Crippen LogP contribution >= 0.6 is 11.3 Å². The van der Waals surface area contributed by atoms with Crippen molar-refractivity contribution >= 4 is 11.3 Å². The fourth-order valence-corrected chi connectivity index (χ4v) is 2.15. The van der Waals surface area contributed by atoms with Crippen molar-refractivity contribution in [3.05, 3.63) is 29.3 Å². The zero-order valence-corrected chi connectivity index (χ0v) is 9.23. The molecule has 0 aliphatic carbocycles. The molecular formula is C10H11F2N3S. The van der Waals surface area contributed by atoms with Crippen LogP contribution in [-0.2, 0) is 6.54 Å². The van der Waals surface area contributed by atoms with Crippen LogP contribution in [0.4, 0.5) is 8.78 Å². The third-order valence-electron chi connectivity index (χ3n) is 2.10. The number of rotatable bonds is 5. The van der Waals surface area contributed by atoms with Crippen LogP contribution in [0.3, 0.4) is 0 Å². The van der Waals surface area contributed by atoms with Gasteiger partial charge in [-0.2, -0.15) is 5.10 Å². The van der Waals surface area contributed by atoms with Crippen LogP contribution < -0.4 is 5.32 Å². The monoisotopic (exact) mass is 243 g/mol. The lowest BCUT2D eigenvalue weighted by atomic mass is 10.2. The molecule has 0 aliphatic heterocycles. The van der Waals surface area contributed by atoms with Gasteiger partial charge in [-0.3, -0.25) is 5.10 Å². The predicted octanol–water partition coefficient (Wildman–Crippen LogP) is 2.49. The van der Waals surface area contributed by atoms with Crippen molar-refractivity contribution in [2.45, 2.75) is 13.0 Å². The molecule has 0 radical (unpaired) electrons. The largest absolute Gasteiger partial charge is 0.307 e. The highest BCUT2D eigenvalue weighted by Gasteiger charge is 2.09. The van der Waals surface area contributed by atoms with Crippen molar-refractivity contribution in [3.8, 4) is 10.6 Å². The van der Waals surface area contributed by atoms with E-state index in [0.717, 1.165) is 16.1 Å². The molecular weight excluding hydrogens is 232 g/mol. The predicted molar refractivity (Wildman–Crippen MR) is 59.6 cm³/mol. The van der Waals surface area contributed by atoms with Gasteiger partial charge in [0.05, 0.1) is 23.3 Å². The van der Waals surface area contributed by atoms with E-state index in [4.69, 9.17) is 0 Å². The van der Waals surface area contributed by atoms with Crippen LogP contribution in [0.2, 0.25) is 0 Å². The van der Waals surface area contributed by atoms with Gasteiger partial charge in [0.2, 0.25) is 0 Å². The van der Waals surface area contributed by atoms with Gasteiger partial charge in [-0.05, 0) is 11.4 Å². The summed E-state index contributed by atoms with van der Waals surface area (Å²) in [6.07, 6.45) is -0.662. The lowest BCUT2D eigenvalue weighted by Crippen LogP contribution is -2.20. The van der Waals surface area contributed by atoms with Crippen LogP contribution in [0.25, 0.3) is 10.6 Å². The Hall–Kier alpha value is -1.27. The summed E-state index contributed by atoms with van der Waals surface area (Å²) in [6.45, 7) is 0.100.